The molecular formula is C16H24N6O. The van der Waals surface area contributed by atoms with Crippen molar-refractivity contribution >= 4 is 0 Å². The molecule has 0 amide bonds. The van der Waals surface area contributed by atoms with Crippen LogP contribution in [0, 0.1) is 0 Å². The van der Waals surface area contributed by atoms with Crippen molar-refractivity contribution in [3.05, 3.63) is 30.0 Å². The zero-order valence-electron chi connectivity index (χ0n) is 13.7. The highest BCUT2D eigenvalue weighted by Gasteiger charge is 2.29. The predicted molar refractivity (Wildman–Crippen MR) is 84.7 cm³/mol. The highest BCUT2D eigenvalue weighted by atomic mass is 16.4. The molecule has 0 spiro atoms. The minimum atomic E-state index is 0.537. The molecule has 0 aromatic carbocycles. The Labute approximate surface area is 136 Å². The summed E-state index contributed by atoms with van der Waals surface area (Å²) in [6.45, 7) is 9.03. The topological polar surface area (TPSA) is 63.2 Å². The number of hydrogen-bond acceptors (Lipinski definition) is 6. The minimum absolute atomic E-state index is 0.537. The van der Waals surface area contributed by atoms with Crippen molar-refractivity contribution < 1.29 is 4.42 Å². The van der Waals surface area contributed by atoms with E-state index in [-0.39, 0.29) is 0 Å². The summed E-state index contributed by atoms with van der Waals surface area (Å²) in [7, 11) is 0. The summed E-state index contributed by atoms with van der Waals surface area (Å²) in [5.41, 5.74) is 0. The number of rotatable bonds is 6. The lowest BCUT2D eigenvalue weighted by molar-refractivity contribution is 0.111. The van der Waals surface area contributed by atoms with E-state index >= 15 is 0 Å². The molecule has 0 N–H and O–H groups in total. The van der Waals surface area contributed by atoms with Crippen LogP contribution in [0.15, 0.2) is 16.8 Å². The molecule has 0 bridgehead atoms. The summed E-state index contributed by atoms with van der Waals surface area (Å²) < 4.78 is 7.97. The van der Waals surface area contributed by atoms with E-state index < -0.39 is 0 Å². The number of nitrogens with zero attached hydrogens (tertiary/aromatic N) is 6. The van der Waals surface area contributed by atoms with E-state index in [2.05, 4.69) is 42.7 Å². The second kappa shape index (κ2) is 6.41. The molecule has 2 aromatic heterocycles. The Kier molecular flexibility index (Phi) is 4.13. The second-order valence-corrected chi connectivity index (χ2v) is 6.49. The molecule has 124 valence electrons. The van der Waals surface area contributed by atoms with Gasteiger partial charge in [0.2, 0.25) is 11.8 Å². The molecule has 7 nitrogen and oxygen atoms in total. The fourth-order valence-corrected chi connectivity index (χ4v) is 3.10. The zero-order valence-corrected chi connectivity index (χ0v) is 13.7. The number of imidazole rings is 1. The van der Waals surface area contributed by atoms with E-state index in [0.717, 1.165) is 63.4 Å². The molecule has 4 rings (SSSR count). The first-order chi connectivity index (χ1) is 11.3. The Morgan fingerprint density at radius 1 is 1.09 bits per heavy atom. The van der Waals surface area contributed by atoms with Crippen LogP contribution in [0.25, 0.3) is 0 Å². The zero-order chi connectivity index (χ0) is 15.6. The standard InChI is InChI=1S/C16H24N6O/c1-2-22-6-5-17-14(22)11-20-7-9-21(10-8-20)12-15-18-19-16(23-15)13-3-4-13/h5-6,13H,2-4,7-12H2,1H3. The number of aromatic nitrogens is 4. The normalized spacial score (nSPS) is 20.2. The van der Waals surface area contributed by atoms with Gasteiger partial charge in [-0.25, -0.2) is 4.98 Å². The monoisotopic (exact) mass is 316 g/mol. The minimum Gasteiger partial charge on any atom is -0.424 e. The van der Waals surface area contributed by atoms with Crippen LogP contribution in [-0.2, 0) is 19.6 Å². The van der Waals surface area contributed by atoms with Gasteiger partial charge in [0.15, 0.2) is 0 Å². The average Bonchev–Trinajstić information content (AvgIpc) is 3.15. The molecule has 0 atom stereocenters. The van der Waals surface area contributed by atoms with E-state index in [1.165, 1.54) is 12.8 Å². The molecule has 7 heteroatoms. The van der Waals surface area contributed by atoms with Crippen molar-refractivity contribution in [3.8, 4) is 0 Å². The molecule has 2 aromatic rings. The van der Waals surface area contributed by atoms with Crippen molar-refractivity contribution in [2.75, 3.05) is 26.2 Å². The Hall–Kier alpha value is -1.73. The van der Waals surface area contributed by atoms with E-state index in [1.54, 1.807) is 0 Å². The van der Waals surface area contributed by atoms with Crippen molar-refractivity contribution in [1.29, 1.82) is 0 Å². The molecular weight excluding hydrogens is 292 g/mol. The van der Waals surface area contributed by atoms with Gasteiger partial charge in [0.1, 0.15) is 5.82 Å². The van der Waals surface area contributed by atoms with E-state index in [9.17, 15) is 0 Å². The summed E-state index contributed by atoms with van der Waals surface area (Å²) in [6.07, 6.45) is 6.35. The average molecular weight is 316 g/mol. The van der Waals surface area contributed by atoms with Crippen molar-refractivity contribution in [2.45, 2.75) is 45.3 Å². The maximum Gasteiger partial charge on any atom is 0.230 e. The number of aryl methyl sites for hydroxylation is 1. The Bertz CT molecular complexity index is 639. The van der Waals surface area contributed by atoms with Gasteiger partial charge >= 0.3 is 0 Å². The molecule has 3 heterocycles. The third-order valence-corrected chi connectivity index (χ3v) is 4.74. The van der Waals surface area contributed by atoms with E-state index in [0.29, 0.717) is 5.92 Å². The molecule has 0 unspecified atom stereocenters. The lowest BCUT2D eigenvalue weighted by atomic mass is 10.3. The first kappa shape index (κ1) is 14.8. The highest BCUT2D eigenvalue weighted by molar-refractivity contribution is 5.00. The fourth-order valence-electron chi connectivity index (χ4n) is 3.10. The van der Waals surface area contributed by atoms with Crippen LogP contribution in [0.3, 0.4) is 0 Å². The second-order valence-electron chi connectivity index (χ2n) is 6.49. The summed E-state index contributed by atoms with van der Waals surface area (Å²) in [5.74, 6) is 3.30. The van der Waals surface area contributed by atoms with Crippen molar-refractivity contribution in [2.24, 2.45) is 0 Å². The number of piperazine rings is 1. The van der Waals surface area contributed by atoms with Crippen LogP contribution >= 0.6 is 0 Å². The maximum atomic E-state index is 5.76. The quantitative estimate of drug-likeness (QED) is 0.804. The first-order valence-electron chi connectivity index (χ1n) is 8.59. The summed E-state index contributed by atoms with van der Waals surface area (Å²) in [4.78, 5) is 9.33. The molecule has 1 saturated carbocycles. The van der Waals surface area contributed by atoms with E-state index in [1.807, 2.05) is 6.20 Å². The van der Waals surface area contributed by atoms with Gasteiger partial charge in [0.25, 0.3) is 0 Å². The smallest absolute Gasteiger partial charge is 0.230 e. The fraction of sp³-hybridized carbons (Fsp3) is 0.688. The Balaban J connectivity index is 1.27. The van der Waals surface area contributed by atoms with Crippen LogP contribution in [0.5, 0.6) is 0 Å². The molecule has 0 radical (unpaired) electrons. The van der Waals surface area contributed by atoms with Crippen LogP contribution in [0.2, 0.25) is 0 Å². The largest absolute Gasteiger partial charge is 0.424 e. The van der Waals surface area contributed by atoms with Gasteiger partial charge in [-0.3, -0.25) is 9.80 Å². The third kappa shape index (κ3) is 3.45. The molecule has 1 aliphatic heterocycles. The molecule has 2 fully saturated rings. The SMILES string of the molecule is CCn1ccnc1CN1CCN(Cc2nnc(C3CC3)o2)CC1. The predicted octanol–water partition coefficient (Wildman–Crippen LogP) is 1.48. The lowest BCUT2D eigenvalue weighted by Crippen LogP contribution is -2.45. The van der Waals surface area contributed by atoms with Crippen molar-refractivity contribution in [1.82, 2.24) is 29.5 Å². The van der Waals surface area contributed by atoms with Gasteiger partial charge in [0, 0.05) is 51.0 Å². The first-order valence-corrected chi connectivity index (χ1v) is 8.59. The van der Waals surface area contributed by atoms with Crippen LogP contribution in [-0.4, -0.2) is 55.7 Å². The van der Waals surface area contributed by atoms with Gasteiger partial charge in [0.05, 0.1) is 13.1 Å². The molecule has 2 aliphatic rings. The highest BCUT2D eigenvalue weighted by Crippen LogP contribution is 2.39. The summed E-state index contributed by atoms with van der Waals surface area (Å²) in [5, 5.41) is 8.35. The van der Waals surface area contributed by atoms with Gasteiger partial charge in [-0.05, 0) is 19.8 Å². The molecule has 23 heavy (non-hydrogen) atoms. The Morgan fingerprint density at radius 2 is 1.83 bits per heavy atom. The van der Waals surface area contributed by atoms with Crippen LogP contribution in [0.1, 0.15) is 43.3 Å². The number of hydrogen-bond donors (Lipinski definition) is 0. The lowest BCUT2D eigenvalue weighted by Gasteiger charge is -2.33. The summed E-state index contributed by atoms with van der Waals surface area (Å²) in [6, 6.07) is 0. The van der Waals surface area contributed by atoms with Gasteiger partial charge in [-0.1, -0.05) is 0 Å². The van der Waals surface area contributed by atoms with Gasteiger partial charge in [-0.2, -0.15) is 0 Å². The summed E-state index contributed by atoms with van der Waals surface area (Å²) >= 11 is 0. The van der Waals surface area contributed by atoms with Crippen LogP contribution < -0.4 is 0 Å². The Morgan fingerprint density at radius 3 is 2.52 bits per heavy atom. The third-order valence-electron chi connectivity index (χ3n) is 4.74. The van der Waals surface area contributed by atoms with Crippen LogP contribution in [0.4, 0.5) is 0 Å². The van der Waals surface area contributed by atoms with Crippen molar-refractivity contribution in [3.63, 3.8) is 0 Å². The van der Waals surface area contributed by atoms with Gasteiger partial charge in [-0.15, -0.1) is 10.2 Å². The molecule has 1 saturated heterocycles. The van der Waals surface area contributed by atoms with Gasteiger partial charge < -0.3 is 8.98 Å². The van der Waals surface area contributed by atoms with E-state index in [4.69, 9.17) is 4.42 Å². The molecule has 1 aliphatic carbocycles. The maximum absolute atomic E-state index is 5.76.